The van der Waals surface area contributed by atoms with E-state index in [0.717, 1.165) is 16.0 Å². The van der Waals surface area contributed by atoms with Gasteiger partial charge in [-0.25, -0.2) is 0 Å². The van der Waals surface area contributed by atoms with Gasteiger partial charge in [0.1, 0.15) is 0 Å². The van der Waals surface area contributed by atoms with Crippen LogP contribution < -0.4 is 10.4 Å². The van der Waals surface area contributed by atoms with Crippen molar-refractivity contribution in [1.82, 2.24) is 0 Å². The van der Waals surface area contributed by atoms with Gasteiger partial charge >= 0.3 is 0 Å². The van der Waals surface area contributed by atoms with Crippen LogP contribution in [0.5, 0.6) is 0 Å². The first kappa shape index (κ1) is 19.3. The van der Waals surface area contributed by atoms with Gasteiger partial charge < -0.3 is 0 Å². The lowest BCUT2D eigenvalue weighted by atomic mass is 10.1. The molecular formula is C28H24S2. The van der Waals surface area contributed by atoms with Crippen LogP contribution in [0.2, 0.25) is 0 Å². The quantitative estimate of drug-likeness (QED) is 0.282. The Kier molecular flexibility index (Phi) is 4.29. The second-order valence-corrected chi connectivity index (χ2v) is 10.5. The number of fused-ring (bicyclic) bond motifs is 2. The maximum absolute atomic E-state index is 4.44. The topological polar surface area (TPSA) is 0 Å². The highest BCUT2D eigenvalue weighted by molar-refractivity contribution is 7.12. The van der Waals surface area contributed by atoms with E-state index in [2.05, 4.69) is 83.8 Å². The van der Waals surface area contributed by atoms with Gasteiger partial charge in [-0.1, -0.05) is 44.0 Å². The second-order valence-electron chi connectivity index (χ2n) is 8.36. The van der Waals surface area contributed by atoms with Crippen molar-refractivity contribution in [2.24, 2.45) is 0 Å². The van der Waals surface area contributed by atoms with Crippen LogP contribution in [0.1, 0.15) is 33.4 Å². The van der Waals surface area contributed by atoms with E-state index in [-0.39, 0.29) is 0 Å². The van der Waals surface area contributed by atoms with Gasteiger partial charge in [0.05, 0.1) is 9.06 Å². The van der Waals surface area contributed by atoms with Crippen molar-refractivity contribution in [2.75, 3.05) is 0 Å². The zero-order valence-electron chi connectivity index (χ0n) is 17.9. The first-order chi connectivity index (χ1) is 14.2. The maximum atomic E-state index is 4.44. The molecule has 2 heteroatoms. The normalized spacial score (nSPS) is 12.3. The van der Waals surface area contributed by atoms with E-state index in [4.69, 9.17) is 0 Å². The molecule has 5 rings (SSSR count). The fourth-order valence-corrected chi connectivity index (χ4v) is 6.77. The van der Waals surface area contributed by atoms with Gasteiger partial charge in [-0.05, 0) is 88.5 Å². The summed E-state index contributed by atoms with van der Waals surface area (Å²) in [6.45, 7) is 21.4. The van der Waals surface area contributed by atoms with E-state index < -0.39 is 0 Å². The molecule has 2 heterocycles. The van der Waals surface area contributed by atoms with Crippen LogP contribution in [0, 0.1) is 56.3 Å². The third-order valence-corrected chi connectivity index (χ3v) is 8.81. The highest BCUT2D eigenvalue weighted by Crippen LogP contribution is 2.37. The van der Waals surface area contributed by atoms with Crippen LogP contribution in [0.15, 0.2) is 43.0 Å². The number of hydrogen-bond acceptors (Lipinski definition) is 2. The molecule has 0 saturated carbocycles. The minimum Gasteiger partial charge on any atom is -0.134 e. The van der Waals surface area contributed by atoms with Gasteiger partial charge in [-0.15, -0.1) is 22.7 Å². The number of hydrogen-bond donors (Lipinski definition) is 0. The van der Waals surface area contributed by atoms with Crippen LogP contribution in [-0.2, 0) is 0 Å². The molecule has 0 bridgehead atoms. The van der Waals surface area contributed by atoms with Crippen LogP contribution in [-0.4, -0.2) is 0 Å². The SMILES string of the molecule is C=C1c2cc(=c3cc(C)c(=C)c(C)c3)sc2=c2sc(=c3cc(C)c(=C)c(C)c3)cc21. The predicted octanol–water partition coefficient (Wildman–Crippen LogP) is 6.10. The van der Waals surface area contributed by atoms with Gasteiger partial charge in [0.25, 0.3) is 0 Å². The molecule has 0 N–H and O–H groups in total. The third kappa shape index (κ3) is 2.79. The van der Waals surface area contributed by atoms with Crippen molar-refractivity contribution in [1.29, 1.82) is 0 Å². The monoisotopic (exact) mass is 424 g/mol. The molecule has 1 aliphatic rings. The van der Waals surface area contributed by atoms with Gasteiger partial charge in [0, 0.05) is 20.2 Å². The summed E-state index contributed by atoms with van der Waals surface area (Å²) in [6.07, 6.45) is 0. The van der Waals surface area contributed by atoms with E-state index in [1.807, 2.05) is 22.7 Å². The highest BCUT2D eigenvalue weighted by atomic mass is 32.1. The first-order valence-electron chi connectivity index (χ1n) is 10.1. The van der Waals surface area contributed by atoms with E-state index in [9.17, 15) is 0 Å². The largest absolute Gasteiger partial charge is 0.134 e. The fourth-order valence-electron chi connectivity index (χ4n) is 4.27. The van der Waals surface area contributed by atoms with E-state index in [0.29, 0.717) is 0 Å². The van der Waals surface area contributed by atoms with Gasteiger partial charge in [-0.3, -0.25) is 0 Å². The van der Waals surface area contributed by atoms with Crippen LogP contribution >= 0.6 is 22.7 Å². The summed E-state index contributed by atoms with van der Waals surface area (Å²) in [6, 6.07) is 13.7. The summed E-state index contributed by atoms with van der Waals surface area (Å²) in [4.78, 5) is 0. The molecule has 0 aliphatic heterocycles. The number of thiophene rings is 2. The molecular weight excluding hydrogens is 400 g/mol. The van der Waals surface area contributed by atoms with E-state index >= 15 is 0 Å². The summed E-state index contributed by atoms with van der Waals surface area (Å²) < 4.78 is 5.33. The summed E-state index contributed by atoms with van der Waals surface area (Å²) in [5, 5.41) is 4.83. The summed E-state index contributed by atoms with van der Waals surface area (Å²) in [5.74, 6) is 0. The van der Waals surface area contributed by atoms with Crippen molar-refractivity contribution < 1.29 is 0 Å². The summed E-state index contributed by atoms with van der Waals surface area (Å²) >= 11 is 3.76. The Hall–Kier alpha value is -2.68. The van der Waals surface area contributed by atoms with Crippen LogP contribution in [0.4, 0.5) is 0 Å². The molecule has 0 radical (unpaired) electrons. The van der Waals surface area contributed by atoms with Crippen molar-refractivity contribution >= 4 is 41.4 Å². The van der Waals surface area contributed by atoms with Crippen LogP contribution in [0.3, 0.4) is 0 Å². The average molecular weight is 425 g/mol. The van der Waals surface area contributed by atoms with E-state index in [1.165, 1.54) is 61.9 Å². The lowest BCUT2D eigenvalue weighted by Gasteiger charge is -1.98. The molecule has 0 fully saturated rings. The van der Waals surface area contributed by atoms with Crippen LogP contribution in [0.25, 0.3) is 18.7 Å². The molecule has 0 atom stereocenters. The Morgan fingerprint density at radius 3 is 1.20 bits per heavy atom. The van der Waals surface area contributed by atoms with Crippen molar-refractivity contribution in [2.45, 2.75) is 27.7 Å². The average Bonchev–Trinajstić information content (AvgIpc) is 3.37. The minimum atomic E-state index is 1.14. The van der Waals surface area contributed by atoms with Gasteiger partial charge in [0.2, 0.25) is 0 Å². The molecule has 30 heavy (non-hydrogen) atoms. The maximum Gasteiger partial charge on any atom is 0.0534 e. The smallest absolute Gasteiger partial charge is 0.0534 e. The Morgan fingerprint density at radius 1 is 0.533 bits per heavy atom. The highest BCUT2D eigenvalue weighted by Gasteiger charge is 2.18. The van der Waals surface area contributed by atoms with Gasteiger partial charge in [0.15, 0.2) is 0 Å². The Balaban J connectivity index is 1.92. The van der Waals surface area contributed by atoms with Crippen molar-refractivity contribution in [3.63, 3.8) is 0 Å². The molecule has 4 aromatic rings. The summed E-state index contributed by atoms with van der Waals surface area (Å²) in [7, 11) is 0. The fraction of sp³-hybridized carbons (Fsp3) is 0.143. The molecule has 0 nitrogen and oxygen atoms in total. The predicted molar refractivity (Wildman–Crippen MR) is 132 cm³/mol. The summed E-state index contributed by atoms with van der Waals surface area (Å²) in [5.41, 5.74) is 8.71. The Bertz CT molecular complexity index is 1590. The second kappa shape index (κ2) is 6.66. The Morgan fingerprint density at radius 2 is 0.867 bits per heavy atom. The lowest BCUT2D eigenvalue weighted by Crippen LogP contribution is -2.07. The third-order valence-electron chi connectivity index (χ3n) is 6.28. The standard InChI is InChI=1S/C28H24S2/c1-14-8-21(9-15(2)18(14)5)25-12-23-20(7)24-13-26(30-28(24)27(23)29-25)22-10-16(3)19(6)17(4)11-22/h8-13H,5-7H2,1-4H3. The molecule has 0 saturated heterocycles. The molecule has 148 valence electrons. The minimum absolute atomic E-state index is 1.14. The zero-order chi connectivity index (χ0) is 21.3. The first-order valence-corrected chi connectivity index (χ1v) is 11.7. The molecule has 2 aromatic heterocycles. The van der Waals surface area contributed by atoms with E-state index in [1.54, 1.807) is 0 Å². The Labute approximate surface area is 184 Å². The molecule has 0 spiro atoms. The van der Waals surface area contributed by atoms with Gasteiger partial charge in [-0.2, -0.15) is 0 Å². The zero-order valence-corrected chi connectivity index (χ0v) is 19.5. The molecule has 2 aromatic carbocycles. The number of rotatable bonds is 0. The van der Waals surface area contributed by atoms with Crippen molar-refractivity contribution in [3.8, 4) is 0 Å². The lowest BCUT2D eigenvalue weighted by molar-refractivity contribution is 1.30. The number of benzene rings is 2. The molecule has 0 amide bonds. The molecule has 0 unspecified atom stereocenters. The molecule has 1 aliphatic carbocycles. The van der Waals surface area contributed by atoms with Crippen molar-refractivity contribution in [3.05, 3.63) is 115 Å². The number of aryl methyl sites for hydroxylation is 4.